The highest BCUT2D eigenvalue weighted by molar-refractivity contribution is 7.89. The van der Waals surface area contributed by atoms with E-state index >= 15 is 0 Å². The molecule has 1 saturated heterocycles. The van der Waals surface area contributed by atoms with Crippen molar-refractivity contribution in [2.75, 3.05) is 27.2 Å². The van der Waals surface area contributed by atoms with Gasteiger partial charge in [0.15, 0.2) is 0 Å². The highest BCUT2D eigenvalue weighted by atomic mass is 32.2. The van der Waals surface area contributed by atoms with Crippen LogP contribution in [0.5, 0.6) is 5.75 Å². The van der Waals surface area contributed by atoms with Crippen LogP contribution in [0.25, 0.3) is 0 Å². The Balaban J connectivity index is 1.88. The van der Waals surface area contributed by atoms with E-state index in [0.717, 1.165) is 18.4 Å². The van der Waals surface area contributed by atoms with Gasteiger partial charge in [-0.1, -0.05) is 12.1 Å². The Morgan fingerprint density at radius 2 is 1.93 bits per heavy atom. The third kappa shape index (κ3) is 4.42. The van der Waals surface area contributed by atoms with Gasteiger partial charge in [0.25, 0.3) is 5.91 Å². The van der Waals surface area contributed by atoms with Crippen molar-refractivity contribution in [3.63, 3.8) is 0 Å². The van der Waals surface area contributed by atoms with Crippen molar-refractivity contribution in [2.24, 2.45) is 0 Å². The highest BCUT2D eigenvalue weighted by Gasteiger charge is 2.31. The number of amides is 1. The van der Waals surface area contributed by atoms with Crippen molar-refractivity contribution in [1.29, 1.82) is 5.26 Å². The van der Waals surface area contributed by atoms with Crippen LogP contribution < -0.4 is 4.74 Å². The molecule has 1 amide bonds. The zero-order chi connectivity index (χ0) is 21.0. The average molecular weight is 413 g/mol. The molecular formula is C21H23N3O4S. The number of hydrogen-bond donors (Lipinski definition) is 0. The van der Waals surface area contributed by atoms with Crippen molar-refractivity contribution in [3.8, 4) is 11.8 Å². The number of nitriles is 1. The Labute approximate surface area is 171 Å². The van der Waals surface area contributed by atoms with Gasteiger partial charge in [-0.25, -0.2) is 8.42 Å². The molecule has 1 fully saturated rings. The average Bonchev–Trinajstić information content (AvgIpc) is 3.28. The summed E-state index contributed by atoms with van der Waals surface area (Å²) >= 11 is 0. The molecule has 0 bridgehead atoms. The summed E-state index contributed by atoms with van der Waals surface area (Å²) < 4.78 is 32.7. The lowest BCUT2D eigenvalue weighted by Gasteiger charge is -2.20. The summed E-state index contributed by atoms with van der Waals surface area (Å²) in [6.45, 7) is 1.24. The normalized spacial score (nSPS) is 14.4. The highest BCUT2D eigenvalue weighted by Crippen LogP contribution is 2.30. The van der Waals surface area contributed by atoms with E-state index in [4.69, 9.17) is 10.00 Å². The molecule has 1 heterocycles. The van der Waals surface area contributed by atoms with E-state index < -0.39 is 10.0 Å². The van der Waals surface area contributed by atoms with E-state index in [1.807, 2.05) is 6.07 Å². The number of hydrogen-bond acceptors (Lipinski definition) is 5. The maximum Gasteiger partial charge on any atom is 0.253 e. The zero-order valence-electron chi connectivity index (χ0n) is 16.5. The molecule has 0 radical (unpaired) electrons. The summed E-state index contributed by atoms with van der Waals surface area (Å²) in [4.78, 5) is 14.4. The summed E-state index contributed by atoms with van der Waals surface area (Å²) in [7, 11) is -0.680. The van der Waals surface area contributed by atoms with Crippen LogP contribution >= 0.6 is 0 Å². The lowest BCUT2D eigenvalue weighted by molar-refractivity contribution is 0.0785. The Morgan fingerprint density at radius 3 is 2.59 bits per heavy atom. The summed E-state index contributed by atoms with van der Waals surface area (Å²) in [5, 5.41) is 9.03. The van der Waals surface area contributed by atoms with Gasteiger partial charge in [-0.3, -0.25) is 4.79 Å². The quantitative estimate of drug-likeness (QED) is 0.726. The first-order valence-corrected chi connectivity index (χ1v) is 10.7. The number of ether oxygens (including phenoxy) is 1. The van der Waals surface area contributed by atoms with Crippen LogP contribution in [-0.2, 0) is 16.6 Å². The molecule has 1 aliphatic heterocycles. The lowest BCUT2D eigenvalue weighted by Crippen LogP contribution is -2.29. The molecule has 1 aliphatic rings. The van der Waals surface area contributed by atoms with Gasteiger partial charge in [0.05, 0.1) is 18.7 Å². The number of rotatable bonds is 6. The Morgan fingerprint density at radius 1 is 1.21 bits per heavy atom. The summed E-state index contributed by atoms with van der Waals surface area (Å²) in [6, 6.07) is 13.6. The number of carbonyl (C=O) groups is 1. The van der Waals surface area contributed by atoms with Gasteiger partial charge in [0.1, 0.15) is 10.6 Å². The van der Waals surface area contributed by atoms with Gasteiger partial charge in [-0.15, -0.1) is 0 Å². The SMILES string of the molecule is COc1ccc(C(=O)N(C)Cc2cccc(C#N)c2)cc1S(=O)(=O)N1CCCC1. The van der Waals surface area contributed by atoms with Crippen molar-refractivity contribution in [2.45, 2.75) is 24.3 Å². The fourth-order valence-corrected chi connectivity index (χ4v) is 5.08. The molecular weight excluding hydrogens is 390 g/mol. The predicted molar refractivity (Wildman–Crippen MR) is 108 cm³/mol. The van der Waals surface area contributed by atoms with E-state index in [1.54, 1.807) is 31.3 Å². The van der Waals surface area contributed by atoms with Crippen LogP contribution in [0.15, 0.2) is 47.4 Å². The molecule has 0 unspecified atom stereocenters. The van der Waals surface area contributed by atoms with Gasteiger partial charge in [-0.05, 0) is 48.7 Å². The van der Waals surface area contributed by atoms with E-state index in [9.17, 15) is 13.2 Å². The lowest BCUT2D eigenvalue weighted by atomic mass is 10.1. The minimum atomic E-state index is -3.73. The predicted octanol–water partition coefficient (Wildman–Crippen LogP) is 2.62. The second-order valence-corrected chi connectivity index (χ2v) is 8.86. The molecule has 0 saturated carbocycles. The first-order valence-electron chi connectivity index (χ1n) is 9.29. The van der Waals surface area contributed by atoms with E-state index in [2.05, 4.69) is 6.07 Å². The number of benzene rings is 2. The molecule has 0 aromatic heterocycles. The summed E-state index contributed by atoms with van der Waals surface area (Å²) in [5.74, 6) is -0.0919. The first kappa shape index (κ1) is 20.8. The van der Waals surface area contributed by atoms with Crippen LogP contribution in [0.4, 0.5) is 0 Å². The van der Waals surface area contributed by atoms with Gasteiger partial charge >= 0.3 is 0 Å². The summed E-state index contributed by atoms with van der Waals surface area (Å²) in [5.41, 5.74) is 1.60. The van der Waals surface area contributed by atoms with E-state index in [0.29, 0.717) is 25.2 Å². The number of carbonyl (C=O) groups excluding carboxylic acids is 1. The fraction of sp³-hybridized carbons (Fsp3) is 0.333. The van der Waals surface area contributed by atoms with E-state index in [1.165, 1.54) is 28.4 Å². The van der Waals surface area contributed by atoms with Crippen molar-refractivity contribution >= 4 is 15.9 Å². The third-order valence-electron chi connectivity index (χ3n) is 4.92. The summed E-state index contributed by atoms with van der Waals surface area (Å²) in [6.07, 6.45) is 1.65. The smallest absolute Gasteiger partial charge is 0.253 e. The van der Waals surface area contributed by atoms with E-state index in [-0.39, 0.29) is 22.1 Å². The Kier molecular flexibility index (Phi) is 6.20. The molecule has 0 atom stereocenters. The minimum Gasteiger partial charge on any atom is -0.495 e. The van der Waals surface area contributed by atoms with Crippen LogP contribution in [-0.4, -0.2) is 50.8 Å². The van der Waals surface area contributed by atoms with Crippen LogP contribution in [0.3, 0.4) is 0 Å². The second kappa shape index (κ2) is 8.64. The maximum atomic E-state index is 13.0. The topological polar surface area (TPSA) is 90.7 Å². The van der Waals surface area contributed by atoms with Crippen LogP contribution in [0.2, 0.25) is 0 Å². The largest absolute Gasteiger partial charge is 0.495 e. The zero-order valence-corrected chi connectivity index (χ0v) is 17.3. The Hall–Kier alpha value is -2.89. The maximum absolute atomic E-state index is 13.0. The molecule has 29 heavy (non-hydrogen) atoms. The van der Waals surface area contributed by atoms with Crippen molar-refractivity contribution < 1.29 is 17.9 Å². The number of nitrogens with zero attached hydrogens (tertiary/aromatic N) is 3. The molecule has 0 N–H and O–H groups in total. The number of sulfonamides is 1. The van der Waals surface area contributed by atoms with Gasteiger partial charge in [0, 0.05) is 32.2 Å². The van der Waals surface area contributed by atoms with Crippen LogP contribution in [0, 0.1) is 11.3 Å². The van der Waals surface area contributed by atoms with Crippen LogP contribution in [0.1, 0.15) is 34.3 Å². The molecule has 3 rings (SSSR count). The van der Waals surface area contributed by atoms with Gasteiger partial charge in [-0.2, -0.15) is 9.57 Å². The van der Waals surface area contributed by atoms with Crippen molar-refractivity contribution in [1.82, 2.24) is 9.21 Å². The van der Waals surface area contributed by atoms with Crippen molar-refractivity contribution in [3.05, 3.63) is 59.2 Å². The molecule has 2 aromatic carbocycles. The second-order valence-electron chi connectivity index (χ2n) is 6.95. The molecule has 152 valence electrons. The third-order valence-corrected chi connectivity index (χ3v) is 6.84. The monoisotopic (exact) mass is 413 g/mol. The van der Waals surface area contributed by atoms with Gasteiger partial charge in [0.2, 0.25) is 10.0 Å². The minimum absolute atomic E-state index is 0.00706. The first-order chi connectivity index (χ1) is 13.9. The molecule has 7 nitrogen and oxygen atoms in total. The fourth-order valence-electron chi connectivity index (χ4n) is 3.38. The molecule has 8 heteroatoms. The standard InChI is InChI=1S/C21H23N3O4S/c1-23(15-17-7-5-6-16(12-17)14-22)21(25)18-8-9-19(28-2)20(13-18)29(26,27)24-10-3-4-11-24/h5-9,12-13H,3-4,10-11,15H2,1-2H3. The van der Waals surface area contributed by atoms with Gasteiger partial charge < -0.3 is 9.64 Å². The molecule has 0 aliphatic carbocycles. The number of methoxy groups -OCH3 is 1. The Bertz CT molecular complexity index is 1050. The molecule has 0 spiro atoms. The molecule has 2 aromatic rings.